The van der Waals surface area contributed by atoms with Gasteiger partial charge in [0.25, 0.3) is 11.6 Å². The summed E-state index contributed by atoms with van der Waals surface area (Å²) in [6.45, 7) is 2.30. The Kier molecular flexibility index (Phi) is 5.72. The van der Waals surface area contributed by atoms with Gasteiger partial charge in [-0.1, -0.05) is 24.3 Å². The van der Waals surface area contributed by atoms with Gasteiger partial charge in [-0.05, 0) is 30.3 Å². The van der Waals surface area contributed by atoms with Gasteiger partial charge < -0.3 is 15.0 Å². The van der Waals surface area contributed by atoms with Crippen LogP contribution in [-0.4, -0.2) is 42.1 Å². The highest BCUT2D eigenvalue weighted by Gasteiger charge is 2.23. The third-order valence-corrected chi connectivity index (χ3v) is 6.56. The molecule has 5 rings (SSSR count). The molecular formula is C24H20N4O4S. The normalized spacial score (nSPS) is 13.8. The molecule has 166 valence electrons. The number of carbonyl (C=O) groups excluding carboxylic acids is 1. The number of fused-ring (bicyclic) bond motifs is 1. The Hall–Kier alpha value is -3.82. The Morgan fingerprint density at radius 2 is 1.82 bits per heavy atom. The van der Waals surface area contributed by atoms with Crippen LogP contribution in [0.15, 0.2) is 66.7 Å². The number of para-hydroxylation sites is 2. The molecule has 1 amide bonds. The standard InChI is InChI=1S/C24H20N4O4S/c29-23(18-15-16(28(30)31)9-10-21(18)27-11-13-32-14-12-27)25-19-6-2-1-5-17(19)24-26-20-7-3-4-8-22(20)33-24/h1-10,15H,11-14H2,(H,25,29). The number of amides is 1. The van der Waals surface area contributed by atoms with E-state index in [-0.39, 0.29) is 11.3 Å². The second kappa shape index (κ2) is 8.97. The fourth-order valence-corrected chi connectivity index (χ4v) is 4.86. The summed E-state index contributed by atoms with van der Waals surface area (Å²) in [5, 5.41) is 15.1. The van der Waals surface area contributed by atoms with Crippen molar-refractivity contribution in [1.29, 1.82) is 0 Å². The molecule has 0 atom stereocenters. The molecular weight excluding hydrogens is 440 g/mol. The zero-order valence-corrected chi connectivity index (χ0v) is 18.4. The van der Waals surface area contributed by atoms with Gasteiger partial charge in [0.1, 0.15) is 5.01 Å². The fourth-order valence-electron chi connectivity index (χ4n) is 3.86. The van der Waals surface area contributed by atoms with Crippen molar-refractivity contribution in [2.45, 2.75) is 0 Å². The van der Waals surface area contributed by atoms with Gasteiger partial charge >= 0.3 is 0 Å². The van der Waals surface area contributed by atoms with Crippen molar-refractivity contribution in [1.82, 2.24) is 4.98 Å². The van der Waals surface area contributed by atoms with Crippen molar-refractivity contribution < 1.29 is 14.5 Å². The lowest BCUT2D eigenvalue weighted by molar-refractivity contribution is -0.384. The summed E-state index contributed by atoms with van der Waals surface area (Å²) in [7, 11) is 0. The minimum Gasteiger partial charge on any atom is -0.378 e. The third kappa shape index (κ3) is 4.28. The summed E-state index contributed by atoms with van der Waals surface area (Å²) in [6.07, 6.45) is 0. The molecule has 0 aliphatic carbocycles. The quantitative estimate of drug-likeness (QED) is 0.334. The highest BCUT2D eigenvalue weighted by molar-refractivity contribution is 7.21. The Labute approximate surface area is 193 Å². The zero-order valence-electron chi connectivity index (χ0n) is 17.6. The molecule has 1 aliphatic heterocycles. The molecule has 2 heterocycles. The first-order chi connectivity index (χ1) is 16.1. The Bertz CT molecular complexity index is 1310. The maximum absolute atomic E-state index is 13.4. The van der Waals surface area contributed by atoms with Crippen molar-refractivity contribution in [3.05, 3.63) is 82.4 Å². The minimum absolute atomic E-state index is 0.128. The molecule has 1 aliphatic rings. The van der Waals surface area contributed by atoms with E-state index in [0.717, 1.165) is 20.8 Å². The first-order valence-corrected chi connectivity index (χ1v) is 11.3. The zero-order chi connectivity index (χ0) is 22.8. The molecule has 0 unspecified atom stereocenters. The molecule has 8 nitrogen and oxygen atoms in total. The molecule has 0 saturated carbocycles. The van der Waals surface area contributed by atoms with E-state index in [1.807, 2.05) is 53.4 Å². The van der Waals surface area contributed by atoms with Crippen LogP contribution in [0.25, 0.3) is 20.8 Å². The predicted molar refractivity (Wildman–Crippen MR) is 129 cm³/mol. The van der Waals surface area contributed by atoms with Gasteiger partial charge in [0.2, 0.25) is 0 Å². The lowest BCUT2D eigenvalue weighted by Crippen LogP contribution is -2.37. The largest absolute Gasteiger partial charge is 0.378 e. The van der Waals surface area contributed by atoms with Gasteiger partial charge in [0.05, 0.1) is 45.3 Å². The molecule has 0 bridgehead atoms. The number of carbonyl (C=O) groups is 1. The van der Waals surface area contributed by atoms with Crippen molar-refractivity contribution in [2.24, 2.45) is 0 Å². The summed E-state index contributed by atoms with van der Waals surface area (Å²) in [4.78, 5) is 31.0. The molecule has 4 aromatic rings. The molecule has 3 aromatic carbocycles. The number of thiazole rings is 1. The van der Waals surface area contributed by atoms with Crippen LogP contribution in [0.5, 0.6) is 0 Å². The topological polar surface area (TPSA) is 97.6 Å². The van der Waals surface area contributed by atoms with Crippen LogP contribution in [0.4, 0.5) is 17.1 Å². The van der Waals surface area contributed by atoms with Crippen molar-refractivity contribution in [2.75, 3.05) is 36.5 Å². The second-order valence-electron chi connectivity index (χ2n) is 7.54. The summed E-state index contributed by atoms with van der Waals surface area (Å²) < 4.78 is 6.47. The molecule has 9 heteroatoms. The molecule has 0 radical (unpaired) electrons. The van der Waals surface area contributed by atoms with Crippen molar-refractivity contribution in [3.8, 4) is 10.6 Å². The Morgan fingerprint density at radius 3 is 2.61 bits per heavy atom. The van der Waals surface area contributed by atoms with E-state index in [4.69, 9.17) is 9.72 Å². The van der Waals surface area contributed by atoms with E-state index < -0.39 is 10.8 Å². The Balaban J connectivity index is 1.51. The number of hydrogen-bond donors (Lipinski definition) is 1. The molecule has 1 aromatic heterocycles. The average molecular weight is 461 g/mol. The number of anilines is 2. The average Bonchev–Trinajstić information content (AvgIpc) is 3.28. The molecule has 1 saturated heterocycles. The molecule has 1 N–H and O–H groups in total. The summed E-state index contributed by atoms with van der Waals surface area (Å²) in [6, 6.07) is 19.7. The van der Waals surface area contributed by atoms with Gasteiger partial charge in [-0.15, -0.1) is 11.3 Å². The van der Waals surface area contributed by atoms with Crippen LogP contribution in [0.1, 0.15) is 10.4 Å². The molecule has 0 spiro atoms. The lowest BCUT2D eigenvalue weighted by atomic mass is 10.1. The number of rotatable bonds is 5. The van der Waals surface area contributed by atoms with E-state index >= 15 is 0 Å². The predicted octanol–water partition coefficient (Wildman–Crippen LogP) is 4.96. The fraction of sp³-hybridized carbons (Fsp3) is 0.167. The van der Waals surface area contributed by atoms with Gasteiger partial charge in [-0.25, -0.2) is 4.98 Å². The van der Waals surface area contributed by atoms with Crippen LogP contribution < -0.4 is 10.2 Å². The first-order valence-electron chi connectivity index (χ1n) is 10.5. The number of nitrogens with zero attached hydrogens (tertiary/aromatic N) is 3. The minimum atomic E-state index is -0.491. The van der Waals surface area contributed by atoms with Gasteiger partial charge in [0.15, 0.2) is 0 Å². The molecule has 1 fully saturated rings. The van der Waals surface area contributed by atoms with Crippen molar-refractivity contribution >= 4 is 44.5 Å². The number of nitro groups is 1. The number of nitrogens with one attached hydrogen (secondary N) is 1. The van der Waals surface area contributed by atoms with Crippen molar-refractivity contribution in [3.63, 3.8) is 0 Å². The van der Waals surface area contributed by atoms with E-state index in [9.17, 15) is 14.9 Å². The number of benzene rings is 3. The SMILES string of the molecule is O=C(Nc1ccccc1-c1nc2ccccc2s1)c1cc([N+](=O)[O-])ccc1N1CCOCC1. The van der Waals surface area contributed by atoms with Crippen LogP contribution in [0.3, 0.4) is 0 Å². The van der Waals surface area contributed by atoms with Crippen LogP contribution in [-0.2, 0) is 4.74 Å². The maximum atomic E-state index is 13.4. The summed E-state index contributed by atoms with van der Waals surface area (Å²) in [5.74, 6) is -0.409. The van der Waals surface area contributed by atoms with E-state index in [1.165, 1.54) is 12.1 Å². The number of hydrogen-bond acceptors (Lipinski definition) is 7. The lowest BCUT2D eigenvalue weighted by Gasteiger charge is -2.30. The summed E-state index contributed by atoms with van der Waals surface area (Å²) >= 11 is 1.55. The number of non-ortho nitro benzene ring substituents is 1. The van der Waals surface area contributed by atoms with E-state index in [0.29, 0.717) is 37.7 Å². The van der Waals surface area contributed by atoms with Crippen LogP contribution in [0.2, 0.25) is 0 Å². The van der Waals surface area contributed by atoms with Gasteiger partial charge in [-0.3, -0.25) is 14.9 Å². The van der Waals surface area contributed by atoms with Crippen LogP contribution >= 0.6 is 11.3 Å². The monoisotopic (exact) mass is 460 g/mol. The van der Waals surface area contributed by atoms with Gasteiger partial charge in [0, 0.05) is 30.8 Å². The van der Waals surface area contributed by atoms with E-state index in [2.05, 4.69) is 5.32 Å². The smallest absolute Gasteiger partial charge is 0.270 e. The number of aromatic nitrogens is 1. The maximum Gasteiger partial charge on any atom is 0.270 e. The molecule has 33 heavy (non-hydrogen) atoms. The third-order valence-electron chi connectivity index (χ3n) is 5.49. The summed E-state index contributed by atoms with van der Waals surface area (Å²) in [5.41, 5.74) is 3.07. The second-order valence-corrected chi connectivity index (χ2v) is 8.58. The number of morpholine rings is 1. The van der Waals surface area contributed by atoms with E-state index in [1.54, 1.807) is 17.4 Å². The highest BCUT2D eigenvalue weighted by Crippen LogP contribution is 2.35. The highest BCUT2D eigenvalue weighted by atomic mass is 32.1. The number of nitro benzene ring substituents is 1. The Morgan fingerprint density at radius 1 is 1.06 bits per heavy atom. The number of ether oxygens (including phenoxy) is 1. The first kappa shape index (κ1) is 21.0. The van der Waals surface area contributed by atoms with Crippen LogP contribution in [0, 0.1) is 10.1 Å². The van der Waals surface area contributed by atoms with Gasteiger partial charge in [-0.2, -0.15) is 0 Å².